The van der Waals surface area contributed by atoms with Gasteiger partial charge in [0.05, 0.1) is 11.4 Å². The first-order chi connectivity index (χ1) is 15.6. The molecular weight excluding hydrogens is 442 g/mol. The van der Waals surface area contributed by atoms with E-state index in [0.29, 0.717) is 15.9 Å². The van der Waals surface area contributed by atoms with Crippen molar-refractivity contribution in [1.82, 2.24) is 30.4 Å². The van der Waals surface area contributed by atoms with Gasteiger partial charge < -0.3 is 5.32 Å². The molecule has 0 saturated carbocycles. The van der Waals surface area contributed by atoms with Crippen molar-refractivity contribution in [3.63, 3.8) is 0 Å². The Bertz CT molecular complexity index is 1170. The van der Waals surface area contributed by atoms with E-state index in [-0.39, 0.29) is 5.91 Å². The van der Waals surface area contributed by atoms with Crippen LogP contribution in [0.25, 0.3) is 5.69 Å². The minimum Gasteiger partial charge on any atom is -0.320 e. The number of thioether (sulfide) groups is 1. The van der Waals surface area contributed by atoms with Gasteiger partial charge in [-0.1, -0.05) is 66.3 Å². The highest BCUT2D eigenvalue weighted by Crippen LogP contribution is 2.25. The molecule has 8 nitrogen and oxygen atoms in total. The van der Waals surface area contributed by atoms with E-state index in [0.717, 1.165) is 28.4 Å². The molecule has 2 aromatic heterocycles. The van der Waals surface area contributed by atoms with E-state index in [9.17, 15) is 4.79 Å². The van der Waals surface area contributed by atoms with Crippen molar-refractivity contribution in [1.29, 1.82) is 0 Å². The Morgan fingerprint density at radius 3 is 2.59 bits per heavy atom. The molecule has 0 unspecified atom stereocenters. The number of aromatic nitrogens is 6. The summed E-state index contributed by atoms with van der Waals surface area (Å²) in [6.07, 6.45) is 3.43. The van der Waals surface area contributed by atoms with Crippen LogP contribution >= 0.6 is 23.1 Å². The smallest absolute Gasteiger partial charge is 0.286 e. The molecule has 1 N–H and O–H groups in total. The first kappa shape index (κ1) is 22.1. The Morgan fingerprint density at radius 1 is 1.06 bits per heavy atom. The van der Waals surface area contributed by atoms with Crippen LogP contribution in [0.2, 0.25) is 0 Å². The van der Waals surface area contributed by atoms with Gasteiger partial charge in [-0.25, -0.2) is 0 Å². The molecule has 32 heavy (non-hydrogen) atoms. The maximum Gasteiger partial charge on any atom is 0.286 e. The van der Waals surface area contributed by atoms with E-state index in [1.165, 1.54) is 41.5 Å². The fourth-order valence-corrected chi connectivity index (χ4v) is 4.58. The molecule has 0 fully saturated rings. The van der Waals surface area contributed by atoms with Gasteiger partial charge in [0.15, 0.2) is 0 Å². The van der Waals surface area contributed by atoms with Crippen molar-refractivity contribution >= 4 is 34.7 Å². The first-order valence-electron chi connectivity index (χ1n) is 10.3. The molecule has 164 valence electrons. The highest BCUT2D eigenvalue weighted by atomic mass is 32.2. The molecule has 0 aliphatic heterocycles. The summed E-state index contributed by atoms with van der Waals surface area (Å²) in [7, 11) is 0. The average Bonchev–Trinajstić information content (AvgIpc) is 3.48. The van der Waals surface area contributed by atoms with Crippen LogP contribution in [0.1, 0.15) is 45.7 Å². The number of unbranched alkanes of at least 4 members (excludes halogenated alkanes) is 1. The SMILES string of the molecule is CCCCc1ccc(-n2nnnc2SCc2nnc(C(=O)Nc3ccc(C)cc3)s2)cc1. The van der Waals surface area contributed by atoms with E-state index in [2.05, 4.69) is 50.1 Å². The lowest BCUT2D eigenvalue weighted by Gasteiger charge is -2.05. The monoisotopic (exact) mass is 465 g/mol. The molecule has 0 atom stereocenters. The number of carbonyl (C=O) groups is 1. The molecule has 4 rings (SSSR count). The lowest BCUT2D eigenvalue weighted by molar-refractivity contribution is 0.102. The number of nitrogens with one attached hydrogen (secondary N) is 1. The Balaban J connectivity index is 1.37. The van der Waals surface area contributed by atoms with Crippen molar-refractivity contribution in [3.05, 3.63) is 69.7 Å². The summed E-state index contributed by atoms with van der Waals surface area (Å²) < 4.78 is 1.71. The maximum atomic E-state index is 12.4. The lowest BCUT2D eigenvalue weighted by atomic mass is 10.1. The van der Waals surface area contributed by atoms with E-state index in [1.54, 1.807) is 4.68 Å². The van der Waals surface area contributed by atoms with Gasteiger partial charge >= 0.3 is 0 Å². The second-order valence-electron chi connectivity index (χ2n) is 7.25. The van der Waals surface area contributed by atoms with Crippen molar-refractivity contribution in [2.75, 3.05) is 5.32 Å². The normalized spacial score (nSPS) is 10.9. The number of hydrogen-bond donors (Lipinski definition) is 1. The summed E-state index contributed by atoms with van der Waals surface area (Å²) in [6, 6.07) is 15.9. The number of carbonyl (C=O) groups excluding carboxylic acids is 1. The number of tetrazole rings is 1. The average molecular weight is 466 g/mol. The van der Waals surface area contributed by atoms with E-state index < -0.39 is 0 Å². The molecule has 0 saturated heterocycles. The Kier molecular flexibility index (Phi) is 7.23. The fraction of sp³-hybridized carbons (Fsp3) is 0.273. The number of rotatable bonds is 9. The van der Waals surface area contributed by atoms with Gasteiger partial charge in [-0.3, -0.25) is 4.79 Å². The standard InChI is InChI=1S/C22H23N7OS2/c1-3-4-5-16-8-12-18(13-9-16)29-22(26-27-28-29)31-14-19-24-25-21(32-19)20(30)23-17-10-6-15(2)7-11-17/h6-13H,3-5,14H2,1-2H3,(H,23,30). The van der Waals surface area contributed by atoms with Crippen LogP contribution in [0.5, 0.6) is 0 Å². The molecule has 0 radical (unpaired) electrons. The van der Waals surface area contributed by atoms with Crippen LogP contribution in [0, 0.1) is 6.92 Å². The van der Waals surface area contributed by atoms with Gasteiger partial charge in [-0.05, 0) is 60.0 Å². The van der Waals surface area contributed by atoms with Crippen LogP contribution in [0.4, 0.5) is 5.69 Å². The number of anilines is 1. The summed E-state index contributed by atoms with van der Waals surface area (Å²) in [4.78, 5) is 12.4. The van der Waals surface area contributed by atoms with Crippen molar-refractivity contribution in [2.24, 2.45) is 0 Å². The Hall–Kier alpha value is -3.11. The molecule has 10 heteroatoms. The van der Waals surface area contributed by atoms with Gasteiger partial charge in [0, 0.05) is 5.69 Å². The highest BCUT2D eigenvalue weighted by Gasteiger charge is 2.15. The number of hydrogen-bond acceptors (Lipinski definition) is 8. The topological polar surface area (TPSA) is 98.5 Å². The molecule has 1 amide bonds. The number of benzene rings is 2. The minimum absolute atomic E-state index is 0.268. The number of nitrogens with zero attached hydrogens (tertiary/aromatic N) is 6. The quantitative estimate of drug-likeness (QED) is 0.357. The molecular formula is C22H23N7OS2. The zero-order chi connectivity index (χ0) is 22.3. The van der Waals surface area contributed by atoms with Crippen LogP contribution in [-0.2, 0) is 12.2 Å². The van der Waals surface area contributed by atoms with Crippen molar-refractivity contribution in [2.45, 2.75) is 44.0 Å². The second-order valence-corrected chi connectivity index (χ2v) is 9.26. The largest absolute Gasteiger partial charge is 0.320 e. The van der Waals surface area contributed by atoms with Gasteiger partial charge in [-0.15, -0.1) is 15.3 Å². The van der Waals surface area contributed by atoms with E-state index >= 15 is 0 Å². The first-order valence-corrected chi connectivity index (χ1v) is 12.1. The lowest BCUT2D eigenvalue weighted by Crippen LogP contribution is -2.11. The highest BCUT2D eigenvalue weighted by molar-refractivity contribution is 7.98. The third-order valence-corrected chi connectivity index (χ3v) is 6.77. The number of aryl methyl sites for hydroxylation is 2. The van der Waals surface area contributed by atoms with Crippen LogP contribution in [0.15, 0.2) is 53.7 Å². The third-order valence-electron chi connectivity index (χ3n) is 4.74. The molecule has 0 spiro atoms. The Morgan fingerprint density at radius 2 is 1.84 bits per heavy atom. The minimum atomic E-state index is -0.268. The van der Waals surface area contributed by atoms with Crippen LogP contribution < -0.4 is 5.32 Å². The predicted molar refractivity (Wildman–Crippen MR) is 126 cm³/mol. The van der Waals surface area contributed by atoms with Crippen molar-refractivity contribution < 1.29 is 4.79 Å². The molecule has 0 aliphatic rings. The van der Waals surface area contributed by atoms with E-state index in [1.807, 2.05) is 43.3 Å². The third kappa shape index (κ3) is 5.57. The molecule has 4 aromatic rings. The molecule has 2 aromatic carbocycles. The summed E-state index contributed by atoms with van der Waals surface area (Å²) in [5.41, 5.74) is 4.08. The summed E-state index contributed by atoms with van der Waals surface area (Å²) in [5.74, 6) is 0.250. The van der Waals surface area contributed by atoms with Crippen LogP contribution in [0.3, 0.4) is 0 Å². The van der Waals surface area contributed by atoms with Crippen LogP contribution in [-0.4, -0.2) is 36.3 Å². The molecule has 0 bridgehead atoms. The second kappa shape index (κ2) is 10.5. The van der Waals surface area contributed by atoms with Crippen molar-refractivity contribution in [3.8, 4) is 5.69 Å². The summed E-state index contributed by atoms with van der Waals surface area (Å²) in [6.45, 7) is 4.19. The number of amides is 1. The summed E-state index contributed by atoms with van der Waals surface area (Å²) in [5, 5.41) is 24.8. The fourth-order valence-electron chi connectivity index (χ4n) is 2.97. The van der Waals surface area contributed by atoms with Gasteiger partial charge in [0.1, 0.15) is 5.01 Å². The molecule has 0 aliphatic carbocycles. The van der Waals surface area contributed by atoms with Gasteiger partial charge in [-0.2, -0.15) is 4.68 Å². The predicted octanol–water partition coefficient (Wildman–Crippen LogP) is 4.71. The zero-order valence-electron chi connectivity index (χ0n) is 17.9. The molecule has 2 heterocycles. The van der Waals surface area contributed by atoms with Gasteiger partial charge in [0.2, 0.25) is 10.2 Å². The Labute approximate surface area is 194 Å². The summed E-state index contributed by atoms with van der Waals surface area (Å²) >= 11 is 2.72. The maximum absolute atomic E-state index is 12.4. The zero-order valence-corrected chi connectivity index (χ0v) is 19.5. The van der Waals surface area contributed by atoms with Gasteiger partial charge in [0.25, 0.3) is 5.91 Å². The van der Waals surface area contributed by atoms with E-state index in [4.69, 9.17) is 0 Å².